The van der Waals surface area contributed by atoms with Crippen LogP contribution in [-0.4, -0.2) is 57.5 Å². The van der Waals surface area contributed by atoms with Crippen LogP contribution >= 0.6 is 23.2 Å². The van der Waals surface area contributed by atoms with E-state index in [2.05, 4.69) is 34.6 Å². The second kappa shape index (κ2) is 19.3. The van der Waals surface area contributed by atoms with E-state index < -0.39 is 37.1 Å². The molecule has 9 unspecified atom stereocenters. The van der Waals surface area contributed by atoms with Crippen molar-refractivity contribution >= 4 is 52.7 Å². The van der Waals surface area contributed by atoms with E-state index >= 15 is 0 Å². The first-order valence-corrected chi connectivity index (χ1v) is 23.1. The predicted molar refractivity (Wildman–Crippen MR) is 236 cm³/mol. The van der Waals surface area contributed by atoms with Gasteiger partial charge in [-0.3, -0.25) is 0 Å². The standard InChI is InChI=1S/C49H64Cl2O10/c1-27(2)8-6-9-28(3)37-14-15-38-34-13-12-32-20-29(16-18-48(32,4)39(34)17-19-49(37,38)5)10-7-11-33(30-21-35(46(56)57)44(40(50)23-30)60-25-42(52)53)31-22-36(47(58)59)45(41(51)24-31)61-26-43(54)55/h11,21-24,27-29,32,34,37-39H,6-10,12-20,25-26H2,1-5H3,(H,52,53)(H,54,55)(H,56,57)(H,58,59). The highest BCUT2D eigenvalue weighted by Gasteiger charge is 2.60. The van der Waals surface area contributed by atoms with Crippen molar-refractivity contribution in [3.8, 4) is 11.5 Å². The fourth-order valence-corrected chi connectivity index (χ4v) is 13.4. The minimum atomic E-state index is -1.40. The van der Waals surface area contributed by atoms with E-state index in [4.69, 9.17) is 32.7 Å². The van der Waals surface area contributed by atoms with E-state index in [1.807, 2.05) is 6.08 Å². The summed E-state index contributed by atoms with van der Waals surface area (Å²) in [7, 11) is 0. The molecule has 0 saturated heterocycles. The van der Waals surface area contributed by atoms with Crippen LogP contribution in [0.5, 0.6) is 11.5 Å². The molecule has 9 atom stereocenters. The average Bonchev–Trinajstić information content (AvgIpc) is 3.55. The quantitative estimate of drug-likeness (QED) is 0.113. The normalized spacial score (nSPS) is 28.5. The fraction of sp³-hybridized carbons (Fsp3) is 0.633. The number of aromatic carboxylic acids is 2. The lowest BCUT2D eigenvalue weighted by Crippen LogP contribution is -2.53. The van der Waals surface area contributed by atoms with Gasteiger partial charge in [-0.25, -0.2) is 19.2 Å². The van der Waals surface area contributed by atoms with Gasteiger partial charge in [0.25, 0.3) is 0 Å². The van der Waals surface area contributed by atoms with Crippen LogP contribution in [0.2, 0.25) is 10.0 Å². The van der Waals surface area contributed by atoms with Gasteiger partial charge in [-0.05, 0) is 170 Å². The number of carboxylic acids is 4. The molecule has 334 valence electrons. The SMILES string of the molecule is CC(C)CCCC(C)C1CCC2C3CCC4CC(CCC=C(c5cc(Cl)c(OCC(=O)O)c(C(=O)O)c5)c5cc(Cl)c(OCC(=O)O)c(C(=O)O)c5)CCC4(C)C3CCC12C. The van der Waals surface area contributed by atoms with E-state index in [0.29, 0.717) is 45.8 Å². The maximum Gasteiger partial charge on any atom is 0.341 e. The number of ether oxygens (including phenoxy) is 2. The summed E-state index contributed by atoms with van der Waals surface area (Å²) in [5.41, 5.74) is 1.19. The topological polar surface area (TPSA) is 168 Å². The van der Waals surface area contributed by atoms with Gasteiger partial charge < -0.3 is 29.9 Å². The van der Waals surface area contributed by atoms with Gasteiger partial charge in [-0.1, -0.05) is 83.2 Å². The number of rotatable bonds is 18. The molecular formula is C49H64Cl2O10. The number of benzene rings is 2. The third-order valence-corrected chi connectivity index (χ3v) is 16.3. The van der Waals surface area contributed by atoms with Crippen molar-refractivity contribution in [1.82, 2.24) is 0 Å². The van der Waals surface area contributed by atoms with Crippen molar-refractivity contribution in [3.63, 3.8) is 0 Å². The van der Waals surface area contributed by atoms with Gasteiger partial charge >= 0.3 is 23.9 Å². The van der Waals surface area contributed by atoms with Crippen LogP contribution in [0.25, 0.3) is 5.57 Å². The minimum absolute atomic E-state index is 0.137. The summed E-state index contributed by atoms with van der Waals surface area (Å²) >= 11 is 13.1. The van der Waals surface area contributed by atoms with Gasteiger partial charge in [-0.15, -0.1) is 0 Å². The Morgan fingerprint density at radius 1 is 0.738 bits per heavy atom. The van der Waals surface area contributed by atoms with Gasteiger partial charge in [0.2, 0.25) is 0 Å². The van der Waals surface area contributed by atoms with Crippen LogP contribution in [0.3, 0.4) is 0 Å². The number of carbonyl (C=O) groups is 4. The Balaban J connectivity index is 1.22. The molecule has 4 N–H and O–H groups in total. The summed E-state index contributed by atoms with van der Waals surface area (Å²) in [4.78, 5) is 47.4. The summed E-state index contributed by atoms with van der Waals surface area (Å²) in [5.74, 6) is -0.0237. The minimum Gasteiger partial charge on any atom is -0.479 e. The number of halogens is 2. The highest BCUT2D eigenvalue weighted by molar-refractivity contribution is 6.33. The zero-order valence-electron chi connectivity index (χ0n) is 36.3. The van der Waals surface area contributed by atoms with Gasteiger partial charge in [0, 0.05) is 0 Å². The molecule has 4 saturated carbocycles. The molecule has 12 heteroatoms. The van der Waals surface area contributed by atoms with Crippen LogP contribution in [0.1, 0.15) is 156 Å². The van der Waals surface area contributed by atoms with Crippen LogP contribution in [0.4, 0.5) is 0 Å². The van der Waals surface area contributed by atoms with Crippen molar-refractivity contribution in [1.29, 1.82) is 0 Å². The van der Waals surface area contributed by atoms with E-state index in [1.165, 1.54) is 88.5 Å². The number of hydrogen-bond donors (Lipinski definition) is 4. The zero-order chi connectivity index (χ0) is 44.4. The van der Waals surface area contributed by atoms with E-state index in [9.17, 15) is 39.6 Å². The van der Waals surface area contributed by atoms with E-state index in [0.717, 1.165) is 54.8 Å². The van der Waals surface area contributed by atoms with Crippen molar-refractivity contribution in [2.24, 2.45) is 58.2 Å². The van der Waals surface area contributed by atoms with Gasteiger partial charge in [0.15, 0.2) is 24.7 Å². The fourth-order valence-electron chi connectivity index (χ4n) is 12.9. The first-order chi connectivity index (χ1) is 28.8. The first kappa shape index (κ1) is 46.7. The maximum atomic E-state index is 12.4. The molecule has 0 radical (unpaired) electrons. The smallest absolute Gasteiger partial charge is 0.341 e. The van der Waals surface area contributed by atoms with Gasteiger partial charge in [0.1, 0.15) is 11.1 Å². The molecule has 4 fully saturated rings. The summed E-state index contributed by atoms with van der Waals surface area (Å²) in [6.45, 7) is 10.9. The highest BCUT2D eigenvalue weighted by atomic mass is 35.5. The monoisotopic (exact) mass is 882 g/mol. The van der Waals surface area contributed by atoms with E-state index in [-0.39, 0.29) is 32.7 Å². The van der Waals surface area contributed by atoms with Crippen molar-refractivity contribution in [2.45, 2.75) is 125 Å². The molecule has 4 aliphatic carbocycles. The Morgan fingerprint density at radius 2 is 1.30 bits per heavy atom. The number of fused-ring (bicyclic) bond motifs is 5. The third kappa shape index (κ3) is 10.1. The first-order valence-electron chi connectivity index (χ1n) is 22.4. The molecule has 6 rings (SSSR count). The lowest BCUT2D eigenvalue weighted by molar-refractivity contribution is -0.140. The van der Waals surface area contributed by atoms with E-state index in [1.54, 1.807) is 0 Å². The summed E-state index contributed by atoms with van der Waals surface area (Å²) in [5, 5.41) is 38.4. The number of allylic oxidation sites excluding steroid dienone is 1. The molecule has 2 aromatic rings. The van der Waals surface area contributed by atoms with Crippen LogP contribution in [0, 0.1) is 58.2 Å². The molecule has 0 amide bonds. The highest BCUT2D eigenvalue weighted by Crippen LogP contribution is 2.69. The molecule has 4 aliphatic rings. The second-order valence-corrected chi connectivity index (χ2v) is 20.5. The van der Waals surface area contributed by atoms with Crippen molar-refractivity contribution < 1.29 is 49.1 Å². The predicted octanol–water partition coefficient (Wildman–Crippen LogP) is 12.3. The van der Waals surface area contributed by atoms with Crippen LogP contribution in [-0.2, 0) is 9.59 Å². The Bertz CT molecular complexity index is 1920. The Hall–Kier alpha value is -3.76. The lowest BCUT2D eigenvalue weighted by Gasteiger charge is -2.61. The van der Waals surface area contributed by atoms with Crippen LogP contribution in [0.15, 0.2) is 30.3 Å². The summed E-state index contributed by atoms with van der Waals surface area (Å²) < 4.78 is 10.5. The zero-order valence-corrected chi connectivity index (χ0v) is 37.8. The van der Waals surface area contributed by atoms with Gasteiger partial charge in [0.05, 0.1) is 10.0 Å². The molecule has 0 bridgehead atoms. The summed E-state index contributed by atoms with van der Waals surface area (Å²) in [6.07, 6.45) is 19.0. The number of hydrogen-bond acceptors (Lipinski definition) is 6. The molecule has 10 nitrogen and oxygen atoms in total. The Kier molecular flexibility index (Phi) is 14.8. The van der Waals surface area contributed by atoms with Crippen molar-refractivity contribution in [2.75, 3.05) is 13.2 Å². The molecule has 2 aromatic carbocycles. The molecule has 0 aliphatic heterocycles. The number of carboxylic acid groups (broad SMARTS) is 4. The van der Waals surface area contributed by atoms with Gasteiger partial charge in [-0.2, -0.15) is 0 Å². The lowest BCUT2D eigenvalue weighted by atomic mass is 9.44. The molecule has 0 heterocycles. The Morgan fingerprint density at radius 3 is 1.84 bits per heavy atom. The largest absolute Gasteiger partial charge is 0.479 e. The van der Waals surface area contributed by atoms with Crippen LogP contribution < -0.4 is 9.47 Å². The second-order valence-electron chi connectivity index (χ2n) is 19.7. The molecule has 0 spiro atoms. The number of aliphatic carboxylic acids is 2. The third-order valence-electron chi connectivity index (χ3n) is 15.7. The Labute approximate surface area is 370 Å². The van der Waals surface area contributed by atoms with Crippen molar-refractivity contribution in [3.05, 3.63) is 62.6 Å². The molecular weight excluding hydrogens is 819 g/mol. The molecule has 61 heavy (non-hydrogen) atoms. The maximum absolute atomic E-state index is 12.4. The summed E-state index contributed by atoms with van der Waals surface area (Å²) in [6, 6.07) is 5.56. The molecule has 0 aromatic heterocycles. The average molecular weight is 884 g/mol.